The number of amides is 1. The third kappa shape index (κ3) is 4.35. The molecule has 0 saturated carbocycles. The third-order valence-electron chi connectivity index (χ3n) is 4.27. The highest BCUT2D eigenvalue weighted by molar-refractivity contribution is 8.00. The highest BCUT2D eigenvalue weighted by Crippen LogP contribution is 2.24. The monoisotopic (exact) mass is 433 g/mol. The molecule has 0 aliphatic rings. The Balaban J connectivity index is 1.97. The largest absolute Gasteiger partial charge is 0.332 e. The van der Waals surface area contributed by atoms with Gasteiger partial charge in [-0.2, -0.15) is 0 Å². The van der Waals surface area contributed by atoms with Crippen molar-refractivity contribution in [1.82, 2.24) is 19.1 Å². The van der Waals surface area contributed by atoms with Crippen LogP contribution in [0.15, 0.2) is 38.9 Å². The summed E-state index contributed by atoms with van der Waals surface area (Å²) in [6, 6.07) is 6.77. The number of aromatic nitrogens is 4. The van der Waals surface area contributed by atoms with Gasteiger partial charge >= 0.3 is 5.69 Å². The minimum absolute atomic E-state index is 0.0131. The lowest BCUT2D eigenvalue weighted by Gasteiger charge is -2.13. The number of halogens is 1. The van der Waals surface area contributed by atoms with E-state index in [-0.39, 0.29) is 28.6 Å². The second-order valence-electron chi connectivity index (χ2n) is 6.79. The van der Waals surface area contributed by atoms with Gasteiger partial charge in [0.25, 0.3) is 5.56 Å². The Hall–Kier alpha value is -2.65. The molecule has 8 nitrogen and oxygen atoms in total. The Morgan fingerprint density at radius 1 is 1.14 bits per heavy atom. The number of benzene rings is 1. The number of carbonyl (C=O) groups excluding carboxylic acids is 1. The summed E-state index contributed by atoms with van der Waals surface area (Å²) < 4.78 is 2.33. The van der Waals surface area contributed by atoms with Crippen molar-refractivity contribution in [2.45, 2.75) is 24.8 Å². The molecule has 1 aromatic carbocycles. The van der Waals surface area contributed by atoms with E-state index >= 15 is 0 Å². The lowest BCUT2D eigenvalue weighted by atomic mass is 10.2. The molecule has 29 heavy (non-hydrogen) atoms. The molecule has 2 heterocycles. The summed E-state index contributed by atoms with van der Waals surface area (Å²) in [7, 11) is 2.96. The van der Waals surface area contributed by atoms with Gasteiger partial charge in [0, 0.05) is 30.7 Å². The lowest BCUT2D eigenvalue weighted by molar-refractivity contribution is -0.113. The second-order valence-corrected chi connectivity index (χ2v) is 8.19. The van der Waals surface area contributed by atoms with E-state index in [9.17, 15) is 14.4 Å². The van der Waals surface area contributed by atoms with Crippen molar-refractivity contribution >= 4 is 46.0 Å². The number of carbonyl (C=O) groups is 1. The van der Waals surface area contributed by atoms with Crippen molar-refractivity contribution in [3.63, 3.8) is 0 Å². The Kier molecular flexibility index (Phi) is 6.09. The smallest absolute Gasteiger partial charge is 0.325 e. The maximum Gasteiger partial charge on any atom is 0.332 e. The van der Waals surface area contributed by atoms with Crippen LogP contribution in [0.1, 0.15) is 25.6 Å². The standard InChI is InChI=1S/C19H20ClN5O3S/c1-10(2)15-22-16-14(18(27)25(4)19(28)24(16)3)17(23-15)29-9-13(26)21-12-7-5-11(20)6-8-12/h5-8,10H,9H2,1-4H3,(H,21,26). The third-order valence-corrected chi connectivity index (χ3v) is 5.50. The minimum atomic E-state index is -0.487. The SMILES string of the molecule is CC(C)c1nc(SCC(=O)Nc2ccc(Cl)cc2)c2c(=O)n(C)c(=O)n(C)c2n1. The van der Waals surface area contributed by atoms with Gasteiger partial charge in [-0.3, -0.25) is 18.7 Å². The van der Waals surface area contributed by atoms with Crippen LogP contribution < -0.4 is 16.6 Å². The van der Waals surface area contributed by atoms with Crippen LogP contribution in [-0.4, -0.2) is 30.8 Å². The van der Waals surface area contributed by atoms with Gasteiger partial charge in [0.1, 0.15) is 16.2 Å². The lowest BCUT2D eigenvalue weighted by Crippen LogP contribution is -2.38. The zero-order valence-corrected chi connectivity index (χ0v) is 18.0. The van der Waals surface area contributed by atoms with E-state index in [2.05, 4.69) is 15.3 Å². The first-order valence-corrected chi connectivity index (χ1v) is 10.2. The van der Waals surface area contributed by atoms with Crippen molar-refractivity contribution in [3.8, 4) is 0 Å². The normalized spacial score (nSPS) is 11.2. The van der Waals surface area contributed by atoms with Crippen LogP contribution in [0.3, 0.4) is 0 Å². The Morgan fingerprint density at radius 3 is 2.41 bits per heavy atom. The van der Waals surface area contributed by atoms with Crippen LogP contribution in [0.4, 0.5) is 5.69 Å². The summed E-state index contributed by atoms with van der Waals surface area (Å²) in [5.74, 6) is 0.275. The predicted molar refractivity (Wildman–Crippen MR) is 115 cm³/mol. The molecule has 2 aromatic heterocycles. The van der Waals surface area contributed by atoms with Crippen LogP contribution in [0, 0.1) is 0 Å². The van der Waals surface area contributed by atoms with Crippen molar-refractivity contribution in [3.05, 3.63) is 56.0 Å². The molecular weight excluding hydrogens is 414 g/mol. The Morgan fingerprint density at radius 2 is 1.79 bits per heavy atom. The first kappa shape index (κ1) is 21.1. The number of fused-ring (bicyclic) bond motifs is 1. The van der Waals surface area contributed by atoms with E-state index in [0.29, 0.717) is 21.6 Å². The molecular formula is C19H20ClN5O3S. The number of aryl methyl sites for hydroxylation is 1. The Labute approximate surface area is 175 Å². The fraction of sp³-hybridized carbons (Fsp3) is 0.316. The molecule has 3 aromatic rings. The molecule has 10 heteroatoms. The molecule has 152 valence electrons. The summed E-state index contributed by atoms with van der Waals surface area (Å²) in [5.41, 5.74) is -0.0718. The molecule has 0 radical (unpaired) electrons. The minimum Gasteiger partial charge on any atom is -0.325 e. The van der Waals surface area contributed by atoms with Gasteiger partial charge in [-0.05, 0) is 24.3 Å². The fourth-order valence-electron chi connectivity index (χ4n) is 2.67. The average Bonchev–Trinajstić information content (AvgIpc) is 2.70. The molecule has 0 aliphatic carbocycles. The number of thioether (sulfide) groups is 1. The Bertz CT molecular complexity index is 1200. The van der Waals surface area contributed by atoms with Crippen LogP contribution in [0.25, 0.3) is 11.0 Å². The van der Waals surface area contributed by atoms with Crippen molar-refractivity contribution in [1.29, 1.82) is 0 Å². The molecule has 3 rings (SSSR count). The van der Waals surface area contributed by atoms with E-state index in [0.717, 1.165) is 16.3 Å². The molecule has 1 N–H and O–H groups in total. The fourth-order valence-corrected chi connectivity index (χ4v) is 3.62. The number of nitrogens with zero attached hydrogens (tertiary/aromatic N) is 4. The van der Waals surface area contributed by atoms with Gasteiger partial charge in [0.15, 0.2) is 5.65 Å². The number of anilines is 1. The second kappa shape index (κ2) is 8.38. The maximum atomic E-state index is 12.7. The van der Waals surface area contributed by atoms with Gasteiger partial charge in [0.2, 0.25) is 5.91 Å². The van der Waals surface area contributed by atoms with Crippen LogP contribution in [0.2, 0.25) is 5.02 Å². The first-order chi connectivity index (χ1) is 13.7. The highest BCUT2D eigenvalue weighted by atomic mass is 35.5. The predicted octanol–water partition coefficient (Wildman–Crippen LogP) is 2.53. The van der Waals surface area contributed by atoms with E-state index < -0.39 is 11.2 Å². The number of hydrogen-bond acceptors (Lipinski definition) is 6. The van der Waals surface area contributed by atoms with Gasteiger partial charge in [-0.15, -0.1) is 0 Å². The molecule has 0 unspecified atom stereocenters. The van der Waals surface area contributed by atoms with Crippen LogP contribution >= 0.6 is 23.4 Å². The number of rotatable bonds is 5. The summed E-state index contributed by atoms with van der Waals surface area (Å²) in [6.45, 7) is 3.84. The number of nitrogens with one attached hydrogen (secondary N) is 1. The van der Waals surface area contributed by atoms with Gasteiger partial charge in [0.05, 0.1) is 5.75 Å². The average molecular weight is 434 g/mol. The van der Waals surface area contributed by atoms with Crippen LogP contribution in [-0.2, 0) is 18.9 Å². The maximum absolute atomic E-state index is 12.7. The van der Waals surface area contributed by atoms with Gasteiger partial charge in [-0.25, -0.2) is 14.8 Å². The molecule has 0 aliphatic heterocycles. The van der Waals surface area contributed by atoms with Crippen molar-refractivity contribution < 1.29 is 4.79 Å². The zero-order valence-electron chi connectivity index (χ0n) is 16.4. The number of hydrogen-bond donors (Lipinski definition) is 1. The molecule has 0 bridgehead atoms. The molecule has 0 spiro atoms. The van der Waals surface area contributed by atoms with E-state index in [1.165, 1.54) is 11.6 Å². The molecule has 1 amide bonds. The summed E-state index contributed by atoms with van der Waals surface area (Å²) >= 11 is 6.98. The molecule has 0 fully saturated rings. The van der Waals surface area contributed by atoms with E-state index in [4.69, 9.17) is 11.6 Å². The summed E-state index contributed by atoms with van der Waals surface area (Å²) in [5, 5.41) is 3.95. The van der Waals surface area contributed by atoms with E-state index in [1.54, 1.807) is 31.3 Å². The van der Waals surface area contributed by atoms with Crippen molar-refractivity contribution in [2.24, 2.45) is 14.1 Å². The molecule has 0 saturated heterocycles. The molecule has 0 atom stereocenters. The van der Waals surface area contributed by atoms with Gasteiger partial charge in [-0.1, -0.05) is 37.2 Å². The van der Waals surface area contributed by atoms with Crippen molar-refractivity contribution in [2.75, 3.05) is 11.1 Å². The van der Waals surface area contributed by atoms with Crippen LogP contribution in [0.5, 0.6) is 0 Å². The van der Waals surface area contributed by atoms with Gasteiger partial charge < -0.3 is 5.32 Å². The summed E-state index contributed by atoms with van der Waals surface area (Å²) in [6.07, 6.45) is 0. The zero-order chi connectivity index (χ0) is 21.3. The highest BCUT2D eigenvalue weighted by Gasteiger charge is 2.19. The first-order valence-electron chi connectivity index (χ1n) is 8.85. The quantitative estimate of drug-likeness (QED) is 0.490. The summed E-state index contributed by atoms with van der Waals surface area (Å²) in [4.78, 5) is 46.2. The van der Waals surface area contributed by atoms with E-state index in [1.807, 2.05) is 13.8 Å². The topological polar surface area (TPSA) is 98.9 Å².